The average Bonchev–Trinajstić information content (AvgIpc) is 2.93. The van der Waals surface area contributed by atoms with Gasteiger partial charge in [-0.3, -0.25) is 4.79 Å². The molecular formula is C14H19Cl3N2OS. The van der Waals surface area contributed by atoms with Gasteiger partial charge in [0.1, 0.15) is 0 Å². The van der Waals surface area contributed by atoms with E-state index in [2.05, 4.69) is 10.6 Å². The molecule has 0 bridgehead atoms. The quantitative estimate of drug-likeness (QED) is 0.752. The minimum Gasteiger partial charge on any atom is -0.355 e. The van der Waals surface area contributed by atoms with Gasteiger partial charge in [0.15, 0.2) is 0 Å². The van der Waals surface area contributed by atoms with Gasteiger partial charge >= 0.3 is 0 Å². The molecule has 0 aromatic heterocycles. The summed E-state index contributed by atoms with van der Waals surface area (Å²) in [5, 5.41) is 7.53. The molecule has 1 heterocycles. The molecule has 1 amide bonds. The van der Waals surface area contributed by atoms with Crippen LogP contribution in [-0.2, 0) is 4.79 Å². The van der Waals surface area contributed by atoms with E-state index in [0.29, 0.717) is 21.7 Å². The van der Waals surface area contributed by atoms with Gasteiger partial charge in [-0.15, -0.1) is 24.2 Å². The number of hydrogen-bond donors (Lipinski definition) is 2. The van der Waals surface area contributed by atoms with E-state index in [9.17, 15) is 4.79 Å². The van der Waals surface area contributed by atoms with Crippen molar-refractivity contribution >= 4 is 53.3 Å². The van der Waals surface area contributed by atoms with Crippen molar-refractivity contribution in [2.24, 2.45) is 5.92 Å². The van der Waals surface area contributed by atoms with Gasteiger partial charge < -0.3 is 10.6 Å². The maximum atomic E-state index is 11.8. The van der Waals surface area contributed by atoms with E-state index in [4.69, 9.17) is 23.2 Å². The summed E-state index contributed by atoms with van der Waals surface area (Å²) in [4.78, 5) is 12.6. The number of halogens is 3. The zero-order valence-corrected chi connectivity index (χ0v) is 14.7. The highest BCUT2D eigenvalue weighted by Crippen LogP contribution is 2.29. The third kappa shape index (κ3) is 6.66. The van der Waals surface area contributed by atoms with Crippen LogP contribution in [0.2, 0.25) is 10.0 Å². The second-order valence-electron chi connectivity index (χ2n) is 4.86. The van der Waals surface area contributed by atoms with Crippen LogP contribution in [0.5, 0.6) is 0 Å². The van der Waals surface area contributed by atoms with Crippen LogP contribution in [-0.4, -0.2) is 31.3 Å². The third-order valence-corrected chi connectivity index (χ3v) is 5.02. The van der Waals surface area contributed by atoms with Gasteiger partial charge in [-0.1, -0.05) is 23.2 Å². The summed E-state index contributed by atoms with van der Waals surface area (Å²) >= 11 is 13.4. The van der Waals surface area contributed by atoms with Gasteiger partial charge in [0.2, 0.25) is 5.91 Å². The first kappa shape index (κ1) is 18.9. The van der Waals surface area contributed by atoms with Crippen LogP contribution in [0.25, 0.3) is 0 Å². The molecule has 1 aromatic rings. The summed E-state index contributed by atoms with van der Waals surface area (Å²) in [5.41, 5.74) is 0. The predicted octanol–water partition coefficient (Wildman–Crippen LogP) is 3.62. The molecule has 0 aliphatic carbocycles. The molecule has 1 fully saturated rings. The van der Waals surface area contributed by atoms with Crippen molar-refractivity contribution in [3.05, 3.63) is 28.2 Å². The molecule has 3 nitrogen and oxygen atoms in total. The maximum Gasteiger partial charge on any atom is 0.230 e. The van der Waals surface area contributed by atoms with Crippen LogP contribution in [0.3, 0.4) is 0 Å². The van der Waals surface area contributed by atoms with Gasteiger partial charge in [-0.2, -0.15) is 0 Å². The van der Waals surface area contributed by atoms with Crippen molar-refractivity contribution in [2.75, 3.05) is 25.4 Å². The van der Waals surface area contributed by atoms with E-state index < -0.39 is 0 Å². The first-order chi connectivity index (χ1) is 9.65. The Labute approximate surface area is 145 Å². The van der Waals surface area contributed by atoms with E-state index >= 15 is 0 Å². The van der Waals surface area contributed by atoms with Crippen LogP contribution in [0.4, 0.5) is 0 Å². The first-order valence-electron chi connectivity index (χ1n) is 6.70. The molecule has 2 rings (SSSR count). The lowest BCUT2D eigenvalue weighted by Gasteiger charge is -2.09. The summed E-state index contributed by atoms with van der Waals surface area (Å²) in [6.45, 7) is 2.92. The molecule has 1 saturated heterocycles. The molecule has 7 heteroatoms. The molecule has 21 heavy (non-hydrogen) atoms. The second kappa shape index (κ2) is 9.80. The summed E-state index contributed by atoms with van der Waals surface area (Å²) < 4.78 is 0. The van der Waals surface area contributed by atoms with E-state index in [1.54, 1.807) is 18.2 Å². The molecule has 0 radical (unpaired) electrons. The molecular weight excluding hydrogens is 351 g/mol. The zero-order chi connectivity index (χ0) is 14.4. The fourth-order valence-electron chi connectivity index (χ4n) is 2.16. The minimum atomic E-state index is 0. The van der Waals surface area contributed by atoms with Gasteiger partial charge in [-0.25, -0.2) is 0 Å². The normalized spacial score (nSPS) is 17.3. The zero-order valence-electron chi connectivity index (χ0n) is 11.5. The Morgan fingerprint density at radius 3 is 2.95 bits per heavy atom. The van der Waals surface area contributed by atoms with Gasteiger partial charge in [0.05, 0.1) is 10.8 Å². The lowest BCUT2D eigenvalue weighted by molar-refractivity contribution is -0.118. The number of hydrogen-bond acceptors (Lipinski definition) is 3. The monoisotopic (exact) mass is 368 g/mol. The van der Waals surface area contributed by atoms with Crippen molar-refractivity contribution in [2.45, 2.75) is 17.7 Å². The van der Waals surface area contributed by atoms with Crippen molar-refractivity contribution in [1.82, 2.24) is 10.6 Å². The molecule has 0 spiro atoms. The maximum absolute atomic E-state index is 11.8. The predicted molar refractivity (Wildman–Crippen MR) is 93.0 cm³/mol. The summed E-state index contributed by atoms with van der Waals surface area (Å²) in [6, 6.07) is 5.27. The van der Waals surface area contributed by atoms with Crippen molar-refractivity contribution in [3.8, 4) is 0 Å². The molecule has 0 saturated carbocycles. The van der Waals surface area contributed by atoms with Crippen molar-refractivity contribution in [1.29, 1.82) is 0 Å². The van der Waals surface area contributed by atoms with Crippen LogP contribution in [0.15, 0.2) is 23.1 Å². The highest BCUT2D eigenvalue weighted by Gasteiger charge is 2.14. The largest absolute Gasteiger partial charge is 0.355 e. The molecule has 1 aliphatic rings. The SMILES string of the molecule is Cl.O=C(CSc1cc(Cl)ccc1Cl)NCCC1CCNC1. The topological polar surface area (TPSA) is 41.1 Å². The molecule has 2 N–H and O–H groups in total. The summed E-state index contributed by atoms with van der Waals surface area (Å²) in [5.74, 6) is 1.10. The fraction of sp³-hybridized carbons (Fsp3) is 0.500. The number of benzene rings is 1. The lowest BCUT2D eigenvalue weighted by Crippen LogP contribution is -2.27. The highest BCUT2D eigenvalue weighted by atomic mass is 35.5. The second-order valence-corrected chi connectivity index (χ2v) is 6.72. The Kier molecular flexibility index (Phi) is 8.83. The van der Waals surface area contributed by atoms with Crippen LogP contribution in [0.1, 0.15) is 12.8 Å². The fourth-order valence-corrected chi connectivity index (χ4v) is 3.48. The molecule has 118 valence electrons. The molecule has 1 aromatic carbocycles. The minimum absolute atomic E-state index is 0. The van der Waals surface area contributed by atoms with Crippen molar-refractivity contribution < 1.29 is 4.79 Å². The number of carbonyl (C=O) groups excluding carboxylic acids is 1. The number of carbonyl (C=O) groups is 1. The van der Waals surface area contributed by atoms with Crippen molar-refractivity contribution in [3.63, 3.8) is 0 Å². The van der Waals surface area contributed by atoms with E-state index in [1.807, 2.05) is 0 Å². The number of rotatable bonds is 6. The Morgan fingerprint density at radius 1 is 1.43 bits per heavy atom. The van der Waals surface area contributed by atoms with Gasteiger partial charge in [-0.05, 0) is 50.0 Å². The standard InChI is InChI=1S/C14H18Cl2N2OS.ClH/c15-11-1-2-12(16)13(7-11)20-9-14(19)18-6-4-10-3-5-17-8-10;/h1-2,7,10,17H,3-6,8-9H2,(H,18,19);1H. The lowest BCUT2D eigenvalue weighted by atomic mass is 10.1. The van der Waals surface area contributed by atoms with E-state index in [-0.39, 0.29) is 18.3 Å². The van der Waals surface area contributed by atoms with Gasteiger partial charge in [0.25, 0.3) is 0 Å². The number of thioether (sulfide) groups is 1. The van der Waals surface area contributed by atoms with E-state index in [1.165, 1.54) is 18.2 Å². The average molecular weight is 370 g/mol. The van der Waals surface area contributed by atoms with Crippen LogP contribution < -0.4 is 10.6 Å². The number of amides is 1. The Hall–Kier alpha value is -0.130. The third-order valence-electron chi connectivity index (χ3n) is 3.29. The smallest absolute Gasteiger partial charge is 0.230 e. The molecule has 1 atom stereocenters. The van der Waals surface area contributed by atoms with Crippen LogP contribution in [0, 0.1) is 5.92 Å². The summed E-state index contributed by atoms with van der Waals surface area (Å²) in [6.07, 6.45) is 2.25. The summed E-state index contributed by atoms with van der Waals surface area (Å²) in [7, 11) is 0. The Balaban J connectivity index is 0.00000220. The van der Waals surface area contributed by atoms with Crippen LogP contribution >= 0.6 is 47.4 Å². The number of nitrogens with one attached hydrogen (secondary N) is 2. The molecule has 1 unspecified atom stereocenters. The highest BCUT2D eigenvalue weighted by molar-refractivity contribution is 8.00. The van der Waals surface area contributed by atoms with Gasteiger partial charge in [0, 0.05) is 16.5 Å². The Morgan fingerprint density at radius 2 is 2.24 bits per heavy atom. The van der Waals surface area contributed by atoms with E-state index in [0.717, 1.165) is 31.0 Å². The Bertz CT molecular complexity index is 468. The molecule has 1 aliphatic heterocycles. The first-order valence-corrected chi connectivity index (χ1v) is 8.44.